The zero-order valence-corrected chi connectivity index (χ0v) is 27.5. The summed E-state index contributed by atoms with van der Waals surface area (Å²) < 4.78 is 0. The Balaban J connectivity index is 0.00000461. The van der Waals surface area contributed by atoms with E-state index in [0.717, 1.165) is 28.0 Å². The van der Waals surface area contributed by atoms with Gasteiger partial charge >= 0.3 is 35.0 Å². The fraction of sp³-hybridized carbons (Fsp3) is 0.324. The molecule has 5 heterocycles. The van der Waals surface area contributed by atoms with Gasteiger partial charge in [-0.3, -0.25) is 9.59 Å². The molecule has 0 radical (unpaired) electrons. The van der Waals surface area contributed by atoms with Crippen LogP contribution in [0.2, 0.25) is 0 Å². The molecule has 0 spiro atoms. The number of rotatable bonds is 7. The topological polar surface area (TPSA) is 170 Å². The number of aliphatic imine (C=N–C) groups is 3. The van der Waals surface area contributed by atoms with Gasteiger partial charge in [0.2, 0.25) is 0 Å². The van der Waals surface area contributed by atoms with E-state index in [0.29, 0.717) is 46.2 Å². The van der Waals surface area contributed by atoms with Crippen LogP contribution in [0.25, 0.3) is 0 Å². The molecule has 0 aromatic heterocycles. The first-order valence-electron chi connectivity index (χ1n) is 14.6. The Morgan fingerprint density at radius 2 is 1.62 bits per heavy atom. The third kappa shape index (κ3) is 6.06. The van der Waals surface area contributed by atoms with Crippen LogP contribution >= 0.6 is 0 Å². The molecule has 1 fully saturated rings. The Morgan fingerprint density at radius 3 is 2.22 bits per heavy atom. The maximum absolute atomic E-state index is 12.6. The monoisotopic (exact) mass is 618 g/mol. The van der Waals surface area contributed by atoms with Crippen molar-refractivity contribution in [2.45, 2.75) is 60.3 Å². The molecule has 11 heteroatoms. The number of nitrogens with zero attached hydrogens (tertiary/aromatic N) is 3. The van der Waals surface area contributed by atoms with Crippen molar-refractivity contribution in [2.24, 2.45) is 26.8 Å². The van der Waals surface area contributed by atoms with Crippen molar-refractivity contribution in [2.75, 3.05) is 0 Å². The van der Waals surface area contributed by atoms with Crippen LogP contribution < -0.4 is 15.5 Å². The van der Waals surface area contributed by atoms with Gasteiger partial charge in [-0.15, -0.1) is 0 Å². The third-order valence-corrected chi connectivity index (χ3v) is 8.87. The number of fused-ring (bicyclic) bond motifs is 5. The predicted molar refractivity (Wildman–Crippen MR) is 170 cm³/mol. The van der Waals surface area contributed by atoms with Crippen molar-refractivity contribution in [1.82, 2.24) is 5.32 Å². The zero-order valence-electron chi connectivity index (χ0n) is 26.1. The average molecular weight is 619 g/mol. The normalized spacial score (nSPS) is 22.4. The number of nitrogens with one attached hydrogen (secondary N) is 1. The SMILES string of the molecule is C=CC1=C(C)C2=NC1=CC1=NC(=CC3=C(C)C(=C([O-])[O-])C(=N3)C(CC(=O)O)=C3NC(=C2)[C@@H](C)[C@@H]3CCC(=O)O)C(CC)=C1C.[Mg+2]. The van der Waals surface area contributed by atoms with Gasteiger partial charge in [0.05, 0.1) is 40.6 Å². The van der Waals surface area contributed by atoms with Gasteiger partial charge in [-0.25, -0.2) is 15.0 Å². The van der Waals surface area contributed by atoms with Crippen molar-refractivity contribution < 1.29 is 30.0 Å². The van der Waals surface area contributed by atoms with Gasteiger partial charge in [0.25, 0.3) is 0 Å². The summed E-state index contributed by atoms with van der Waals surface area (Å²) >= 11 is 0. The maximum Gasteiger partial charge on any atom is 2.00 e. The molecule has 0 unspecified atom stereocenters. The molecule has 8 bridgehead atoms. The van der Waals surface area contributed by atoms with Crippen molar-refractivity contribution in [1.29, 1.82) is 0 Å². The molecule has 5 aliphatic heterocycles. The van der Waals surface area contributed by atoms with Crippen molar-refractivity contribution in [3.8, 4) is 0 Å². The number of aliphatic carboxylic acids is 2. The minimum absolute atomic E-state index is 0. The number of carboxylic acids is 2. The Labute approximate surface area is 278 Å². The molecule has 0 aromatic carbocycles. The van der Waals surface area contributed by atoms with Crippen LogP contribution in [0.5, 0.6) is 0 Å². The van der Waals surface area contributed by atoms with Gasteiger partial charge in [0.15, 0.2) is 0 Å². The molecule has 0 aliphatic carbocycles. The molecule has 1 saturated heterocycles. The van der Waals surface area contributed by atoms with Crippen LogP contribution in [0.1, 0.15) is 60.3 Å². The van der Waals surface area contributed by atoms with Crippen molar-refractivity contribution >= 4 is 52.1 Å². The number of hydrogen-bond donors (Lipinski definition) is 3. The molecular weight excluding hydrogens is 585 g/mol. The molecule has 0 saturated carbocycles. The number of hydrogen-bond acceptors (Lipinski definition) is 8. The standard InChI is InChI=1S/C34H36N4O6.Mg/c1-7-19-15(3)23-12-25-17(5)21(9-10-29(39)40)32(37-25)22(11-30(41)42)33-31(34(43)44)18(6)26(38-33)14-28-20(8-2)16(4)24(36-28)13-27(19)35-23;/h7,12-14,17,21,37,43-44H,1,8-11H2,2-6H3,(H,39,40)(H,41,42);/q;+2/p-2/t17-,21-;/m0./s1. The van der Waals surface area contributed by atoms with Gasteiger partial charge in [0, 0.05) is 40.8 Å². The molecule has 5 aliphatic rings. The molecule has 10 nitrogen and oxygen atoms in total. The summed E-state index contributed by atoms with van der Waals surface area (Å²) in [5.41, 5.74) is 8.20. The largest absolute Gasteiger partial charge is 2.00 e. The van der Waals surface area contributed by atoms with Crippen LogP contribution in [0.3, 0.4) is 0 Å². The van der Waals surface area contributed by atoms with Gasteiger partial charge < -0.3 is 25.7 Å². The Morgan fingerprint density at radius 1 is 0.956 bits per heavy atom. The van der Waals surface area contributed by atoms with Crippen molar-refractivity contribution in [3.63, 3.8) is 0 Å². The van der Waals surface area contributed by atoms with Crippen LogP contribution in [-0.4, -0.2) is 62.3 Å². The molecule has 228 valence electrons. The third-order valence-electron chi connectivity index (χ3n) is 8.87. The average Bonchev–Trinajstić information content (AvgIpc) is 3.63. The van der Waals surface area contributed by atoms with E-state index in [1.54, 1.807) is 19.1 Å². The van der Waals surface area contributed by atoms with Gasteiger partial charge in [-0.2, -0.15) is 5.95 Å². The quantitative estimate of drug-likeness (QED) is 0.289. The molecule has 5 rings (SSSR count). The summed E-state index contributed by atoms with van der Waals surface area (Å²) in [6, 6.07) is 0. The number of carboxylic acid groups (broad SMARTS) is 2. The van der Waals surface area contributed by atoms with Gasteiger partial charge in [0.1, 0.15) is 0 Å². The molecule has 3 N–H and O–H groups in total. The smallest absolute Gasteiger partial charge is 0.883 e. The predicted octanol–water partition coefficient (Wildman–Crippen LogP) is 3.52. The molecular formula is C34H34MgN4O6. The summed E-state index contributed by atoms with van der Waals surface area (Å²) in [4.78, 5) is 38.4. The van der Waals surface area contributed by atoms with E-state index < -0.39 is 30.2 Å². The second-order valence-corrected chi connectivity index (χ2v) is 11.4. The fourth-order valence-corrected chi connectivity index (χ4v) is 6.45. The first-order valence-corrected chi connectivity index (χ1v) is 14.6. The molecule has 2 atom stereocenters. The van der Waals surface area contributed by atoms with Crippen LogP contribution in [0, 0.1) is 11.8 Å². The zero-order chi connectivity index (χ0) is 32.0. The second-order valence-electron chi connectivity index (χ2n) is 11.4. The van der Waals surface area contributed by atoms with Crippen molar-refractivity contribution in [3.05, 3.63) is 104 Å². The van der Waals surface area contributed by atoms with E-state index >= 15 is 0 Å². The first-order chi connectivity index (χ1) is 20.9. The van der Waals surface area contributed by atoms with Crippen LogP contribution in [-0.2, 0) is 9.59 Å². The van der Waals surface area contributed by atoms with E-state index in [4.69, 9.17) is 15.0 Å². The van der Waals surface area contributed by atoms with E-state index in [2.05, 4.69) is 11.9 Å². The summed E-state index contributed by atoms with van der Waals surface area (Å²) in [6.45, 7) is 13.5. The van der Waals surface area contributed by atoms with Gasteiger partial charge in [-0.1, -0.05) is 26.5 Å². The van der Waals surface area contributed by atoms with Gasteiger partial charge in [-0.05, 0) is 79.7 Å². The Bertz CT molecular complexity index is 1770. The minimum atomic E-state index is -1.48. The van der Waals surface area contributed by atoms with E-state index in [9.17, 15) is 30.0 Å². The molecule has 0 amide bonds. The van der Waals surface area contributed by atoms with Crippen LogP contribution in [0.15, 0.2) is 119 Å². The minimum Gasteiger partial charge on any atom is -0.883 e. The summed E-state index contributed by atoms with van der Waals surface area (Å²) in [7, 11) is 0. The Hall–Kier alpha value is -4.22. The fourth-order valence-electron chi connectivity index (χ4n) is 6.45. The summed E-state index contributed by atoms with van der Waals surface area (Å²) in [5, 5.41) is 48.0. The number of carbonyl (C=O) groups is 2. The maximum atomic E-state index is 12.6. The van der Waals surface area contributed by atoms with E-state index in [-0.39, 0.29) is 58.7 Å². The van der Waals surface area contributed by atoms with E-state index in [1.165, 1.54) is 0 Å². The van der Waals surface area contributed by atoms with E-state index in [1.807, 2.05) is 39.8 Å². The summed E-state index contributed by atoms with van der Waals surface area (Å²) in [5.74, 6) is -4.37. The summed E-state index contributed by atoms with van der Waals surface area (Å²) in [6.07, 6.45) is 7.45. The Kier molecular flexibility index (Phi) is 9.74. The first kappa shape index (κ1) is 33.7. The molecule has 45 heavy (non-hydrogen) atoms. The number of allylic oxidation sites excluding steroid dienone is 11. The second kappa shape index (κ2) is 13.0. The molecule has 0 aromatic rings. The van der Waals surface area contributed by atoms with Crippen LogP contribution in [0.4, 0.5) is 0 Å².